The highest BCUT2D eigenvalue weighted by Gasteiger charge is 2.19. The predicted molar refractivity (Wildman–Crippen MR) is 83.2 cm³/mol. The minimum Gasteiger partial charge on any atom is -0.358 e. The molecule has 6 heteroatoms. The summed E-state index contributed by atoms with van der Waals surface area (Å²) in [5, 5.41) is 3.32. The molecule has 2 rings (SSSR count). The van der Waals surface area contributed by atoms with Gasteiger partial charge in [-0.15, -0.1) is 11.3 Å². The fourth-order valence-electron chi connectivity index (χ4n) is 1.82. The average Bonchev–Trinajstić information content (AvgIpc) is 3.02. The molecule has 2 amide bonds. The number of nitrogens with one attached hydrogen (secondary N) is 1. The summed E-state index contributed by atoms with van der Waals surface area (Å²) in [6.45, 7) is 2.38. The lowest BCUT2D eigenvalue weighted by molar-refractivity contribution is -0.121. The van der Waals surface area contributed by atoms with Gasteiger partial charge in [-0.2, -0.15) is 0 Å². The summed E-state index contributed by atoms with van der Waals surface area (Å²) >= 11 is 1.34. The summed E-state index contributed by atoms with van der Waals surface area (Å²) in [6, 6.07) is 9.71. The molecule has 0 radical (unpaired) electrons. The Morgan fingerprint density at radius 3 is 2.62 bits per heavy atom. The molecule has 0 bridgehead atoms. The zero-order valence-corrected chi connectivity index (χ0v) is 12.8. The van der Waals surface area contributed by atoms with Crippen molar-refractivity contribution < 1.29 is 9.59 Å². The molecule has 0 aliphatic heterocycles. The van der Waals surface area contributed by atoms with E-state index in [2.05, 4.69) is 10.3 Å². The van der Waals surface area contributed by atoms with E-state index in [9.17, 15) is 9.59 Å². The largest absolute Gasteiger partial charge is 0.358 e. The number of likely N-dealkylation sites (N-methyl/N-ethyl adjacent to an activating group) is 2. The van der Waals surface area contributed by atoms with Crippen LogP contribution in [0.5, 0.6) is 0 Å². The second-order valence-corrected chi connectivity index (χ2v) is 5.42. The first-order valence-corrected chi connectivity index (χ1v) is 7.48. The monoisotopic (exact) mass is 303 g/mol. The first-order chi connectivity index (χ1) is 10.2. The minimum absolute atomic E-state index is 0.0599. The van der Waals surface area contributed by atoms with Gasteiger partial charge in [-0.25, -0.2) is 4.98 Å². The van der Waals surface area contributed by atoms with Gasteiger partial charge in [0, 0.05) is 19.2 Å². The molecule has 0 spiro atoms. The number of carbonyl (C=O) groups excluding carboxylic acids is 2. The first kappa shape index (κ1) is 15.2. The molecule has 0 unspecified atom stereocenters. The molecule has 0 fully saturated rings. The summed E-state index contributed by atoms with van der Waals surface area (Å²) in [5.41, 5.74) is 0.982. The van der Waals surface area contributed by atoms with Crippen LogP contribution in [0.25, 0.3) is 10.6 Å². The summed E-state index contributed by atoms with van der Waals surface area (Å²) < 4.78 is 0. The Balaban J connectivity index is 2.16. The summed E-state index contributed by atoms with van der Waals surface area (Å²) in [7, 11) is 1.56. The molecule has 110 valence electrons. The van der Waals surface area contributed by atoms with Crippen molar-refractivity contribution in [3.63, 3.8) is 0 Å². The van der Waals surface area contributed by atoms with Crippen LogP contribution in [0.3, 0.4) is 0 Å². The van der Waals surface area contributed by atoms with Gasteiger partial charge < -0.3 is 10.2 Å². The van der Waals surface area contributed by atoms with Crippen LogP contribution in [0.4, 0.5) is 0 Å². The standard InChI is InChI=1S/C15H17N3O2S/c1-3-18(10-13(19)16-2)15(20)12-9-17-14(21-12)11-7-5-4-6-8-11/h4-9H,3,10H2,1-2H3,(H,16,19). The van der Waals surface area contributed by atoms with Crippen LogP contribution in [0, 0.1) is 0 Å². The molecule has 0 atom stereocenters. The van der Waals surface area contributed by atoms with E-state index in [-0.39, 0.29) is 18.4 Å². The maximum absolute atomic E-state index is 12.4. The van der Waals surface area contributed by atoms with Gasteiger partial charge in [-0.05, 0) is 6.92 Å². The summed E-state index contributed by atoms with van der Waals surface area (Å²) in [5.74, 6) is -0.348. The van der Waals surface area contributed by atoms with E-state index in [4.69, 9.17) is 0 Å². The average molecular weight is 303 g/mol. The Bertz CT molecular complexity index is 625. The van der Waals surface area contributed by atoms with Gasteiger partial charge in [0.05, 0.1) is 12.7 Å². The molecule has 1 heterocycles. The summed E-state index contributed by atoms with van der Waals surface area (Å²) in [4.78, 5) is 30.2. The molecule has 0 saturated heterocycles. The van der Waals surface area contributed by atoms with E-state index < -0.39 is 0 Å². The topological polar surface area (TPSA) is 62.3 Å². The normalized spacial score (nSPS) is 10.2. The molecule has 2 aromatic rings. The van der Waals surface area contributed by atoms with Crippen molar-refractivity contribution in [1.82, 2.24) is 15.2 Å². The molecular formula is C15H17N3O2S. The van der Waals surface area contributed by atoms with Crippen molar-refractivity contribution in [2.75, 3.05) is 20.1 Å². The molecule has 1 aromatic carbocycles. The van der Waals surface area contributed by atoms with Gasteiger partial charge in [-0.3, -0.25) is 9.59 Å². The molecule has 1 aromatic heterocycles. The number of nitrogens with zero attached hydrogens (tertiary/aromatic N) is 2. The van der Waals surface area contributed by atoms with Gasteiger partial charge in [0.15, 0.2) is 0 Å². The lowest BCUT2D eigenvalue weighted by Gasteiger charge is -2.18. The van der Waals surface area contributed by atoms with Crippen LogP contribution in [-0.4, -0.2) is 41.8 Å². The predicted octanol–water partition coefficient (Wildman–Crippen LogP) is 2.02. The fraction of sp³-hybridized carbons (Fsp3) is 0.267. The molecule has 21 heavy (non-hydrogen) atoms. The number of benzene rings is 1. The third-order valence-corrected chi connectivity index (χ3v) is 4.05. The SMILES string of the molecule is CCN(CC(=O)NC)C(=O)c1cnc(-c2ccccc2)s1. The molecule has 5 nitrogen and oxygen atoms in total. The van der Waals surface area contributed by atoms with Crippen LogP contribution in [-0.2, 0) is 4.79 Å². The third-order valence-electron chi connectivity index (χ3n) is 3.02. The first-order valence-electron chi connectivity index (χ1n) is 6.66. The zero-order chi connectivity index (χ0) is 15.2. The molecule has 0 aliphatic rings. The maximum atomic E-state index is 12.4. The Kier molecular flexibility index (Phi) is 5.05. The van der Waals surface area contributed by atoms with Crippen molar-refractivity contribution >= 4 is 23.2 Å². The Hall–Kier alpha value is -2.21. The van der Waals surface area contributed by atoms with E-state index >= 15 is 0 Å². The minimum atomic E-state index is -0.182. The molecule has 0 saturated carbocycles. The smallest absolute Gasteiger partial charge is 0.266 e. The lowest BCUT2D eigenvalue weighted by atomic mass is 10.2. The number of rotatable bonds is 5. The Morgan fingerprint density at radius 1 is 1.29 bits per heavy atom. The molecular weight excluding hydrogens is 286 g/mol. The third kappa shape index (κ3) is 3.66. The Labute approximate surface area is 127 Å². The zero-order valence-electron chi connectivity index (χ0n) is 12.0. The van der Waals surface area contributed by atoms with E-state index in [0.29, 0.717) is 11.4 Å². The number of aromatic nitrogens is 1. The van der Waals surface area contributed by atoms with Crippen LogP contribution < -0.4 is 5.32 Å². The number of carbonyl (C=O) groups is 2. The van der Waals surface area contributed by atoms with Crippen LogP contribution in [0.1, 0.15) is 16.6 Å². The van der Waals surface area contributed by atoms with Crippen LogP contribution in [0.2, 0.25) is 0 Å². The summed E-state index contributed by atoms with van der Waals surface area (Å²) in [6.07, 6.45) is 1.57. The van der Waals surface area contributed by atoms with Crippen LogP contribution in [0.15, 0.2) is 36.5 Å². The number of thiazole rings is 1. The highest BCUT2D eigenvalue weighted by Crippen LogP contribution is 2.25. The second-order valence-electron chi connectivity index (χ2n) is 4.39. The van der Waals surface area contributed by atoms with Gasteiger partial charge in [0.25, 0.3) is 5.91 Å². The fourth-order valence-corrected chi connectivity index (χ4v) is 2.71. The highest BCUT2D eigenvalue weighted by molar-refractivity contribution is 7.16. The van der Waals surface area contributed by atoms with E-state index in [1.807, 2.05) is 37.3 Å². The maximum Gasteiger partial charge on any atom is 0.266 e. The number of hydrogen-bond acceptors (Lipinski definition) is 4. The van der Waals surface area contributed by atoms with Crippen molar-refractivity contribution in [1.29, 1.82) is 0 Å². The van der Waals surface area contributed by atoms with Crippen molar-refractivity contribution in [3.8, 4) is 10.6 Å². The second kappa shape index (κ2) is 6.99. The van der Waals surface area contributed by atoms with Crippen molar-refractivity contribution in [2.45, 2.75) is 6.92 Å². The lowest BCUT2D eigenvalue weighted by Crippen LogP contribution is -2.39. The molecule has 1 N–H and O–H groups in total. The van der Waals surface area contributed by atoms with Gasteiger partial charge in [0.2, 0.25) is 5.91 Å². The van der Waals surface area contributed by atoms with E-state index in [1.165, 1.54) is 16.2 Å². The van der Waals surface area contributed by atoms with Crippen molar-refractivity contribution in [2.24, 2.45) is 0 Å². The van der Waals surface area contributed by atoms with E-state index in [0.717, 1.165) is 10.6 Å². The number of amides is 2. The molecule has 0 aliphatic carbocycles. The Morgan fingerprint density at radius 2 is 2.00 bits per heavy atom. The highest BCUT2D eigenvalue weighted by atomic mass is 32.1. The van der Waals surface area contributed by atoms with Gasteiger partial charge in [0.1, 0.15) is 9.88 Å². The van der Waals surface area contributed by atoms with Crippen LogP contribution >= 0.6 is 11.3 Å². The quantitative estimate of drug-likeness (QED) is 0.919. The number of hydrogen-bond donors (Lipinski definition) is 1. The van der Waals surface area contributed by atoms with Gasteiger partial charge in [-0.1, -0.05) is 30.3 Å². The van der Waals surface area contributed by atoms with Crippen molar-refractivity contribution in [3.05, 3.63) is 41.4 Å². The van der Waals surface area contributed by atoms with Gasteiger partial charge >= 0.3 is 0 Å². The van der Waals surface area contributed by atoms with E-state index in [1.54, 1.807) is 13.2 Å².